The highest BCUT2D eigenvalue weighted by atomic mass is 16.5. The van der Waals surface area contributed by atoms with Crippen molar-refractivity contribution in [3.05, 3.63) is 60.4 Å². The molecule has 2 aromatic heterocycles. The third-order valence-electron chi connectivity index (χ3n) is 6.23. The highest BCUT2D eigenvalue weighted by Crippen LogP contribution is 2.36. The number of ether oxygens (including phenoxy) is 1. The summed E-state index contributed by atoms with van der Waals surface area (Å²) in [4.78, 5) is 26.1. The number of carbonyl (C=O) groups is 1. The lowest BCUT2D eigenvalue weighted by atomic mass is 10.1. The number of nitrogens with one attached hydrogen (secondary N) is 1. The SMILES string of the molecule is CCNC(=O)N1CCN(c2nc(CC(C)C)nc3onc(-c4cccc(Oc5ccccc5)c4)c23)CC1. The zero-order valence-corrected chi connectivity index (χ0v) is 21.5. The van der Waals surface area contributed by atoms with E-state index in [0.29, 0.717) is 55.8 Å². The second kappa shape index (κ2) is 10.9. The number of urea groups is 1. The van der Waals surface area contributed by atoms with Crippen LogP contribution in [-0.4, -0.2) is 58.8 Å². The fourth-order valence-electron chi connectivity index (χ4n) is 4.48. The lowest BCUT2D eigenvalue weighted by molar-refractivity contribution is 0.195. The number of benzene rings is 2. The van der Waals surface area contributed by atoms with Crippen LogP contribution in [0.2, 0.25) is 0 Å². The first-order chi connectivity index (χ1) is 18.0. The average Bonchev–Trinajstić information content (AvgIpc) is 3.33. The maximum atomic E-state index is 12.3. The van der Waals surface area contributed by atoms with Gasteiger partial charge >= 0.3 is 6.03 Å². The molecule has 2 amide bonds. The molecule has 192 valence electrons. The molecule has 0 unspecified atom stereocenters. The molecular formula is C28H32N6O3. The third-order valence-corrected chi connectivity index (χ3v) is 6.23. The fraction of sp³-hybridized carbons (Fsp3) is 0.357. The second-order valence-corrected chi connectivity index (χ2v) is 9.53. The van der Waals surface area contributed by atoms with E-state index >= 15 is 0 Å². The van der Waals surface area contributed by atoms with Crippen molar-refractivity contribution in [2.45, 2.75) is 27.2 Å². The Hall–Kier alpha value is -4.14. The molecule has 0 spiro atoms. The lowest BCUT2D eigenvalue weighted by Crippen LogP contribution is -2.52. The van der Waals surface area contributed by atoms with Crippen molar-refractivity contribution in [3.63, 3.8) is 0 Å². The van der Waals surface area contributed by atoms with Gasteiger partial charge in [-0.1, -0.05) is 49.3 Å². The van der Waals surface area contributed by atoms with Crippen LogP contribution in [0, 0.1) is 5.92 Å². The predicted molar refractivity (Wildman–Crippen MR) is 143 cm³/mol. The number of aromatic nitrogens is 3. The van der Waals surface area contributed by atoms with E-state index < -0.39 is 0 Å². The van der Waals surface area contributed by atoms with Crippen molar-refractivity contribution >= 4 is 22.9 Å². The van der Waals surface area contributed by atoms with Gasteiger partial charge in [0.2, 0.25) is 0 Å². The summed E-state index contributed by atoms with van der Waals surface area (Å²) in [6.45, 7) is 9.36. The molecule has 5 rings (SSSR count). The van der Waals surface area contributed by atoms with Gasteiger partial charge in [-0.2, -0.15) is 4.98 Å². The Labute approximate surface area is 216 Å². The van der Waals surface area contributed by atoms with Gasteiger partial charge in [-0.15, -0.1) is 0 Å². The number of hydrogen-bond donors (Lipinski definition) is 1. The van der Waals surface area contributed by atoms with Gasteiger partial charge in [0.05, 0.1) is 0 Å². The topological polar surface area (TPSA) is 96.6 Å². The Balaban J connectivity index is 1.50. The van der Waals surface area contributed by atoms with Crippen molar-refractivity contribution in [2.75, 3.05) is 37.6 Å². The van der Waals surface area contributed by atoms with Crippen molar-refractivity contribution in [1.82, 2.24) is 25.3 Å². The van der Waals surface area contributed by atoms with Crippen LogP contribution in [0.25, 0.3) is 22.4 Å². The van der Waals surface area contributed by atoms with Crippen molar-refractivity contribution in [3.8, 4) is 22.8 Å². The third kappa shape index (κ3) is 5.50. The van der Waals surface area contributed by atoms with Crippen molar-refractivity contribution < 1.29 is 14.1 Å². The van der Waals surface area contributed by atoms with Crippen LogP contribution in [0.15, 0.2) is 59.1 Å². The van der Waals surface area contributed by atoms with E-state index in [1.165, 1.54) is 0 Å². The molecule has 1 aliphatic rings. The first kappa shape index (κ1) is 24.5. The lowest BCUT2D eigenvalue weighted by Gasteiger charge is -2.35. The zero-order chi connectivity index (χ0) is 25.8. The Morgan fingerprint density at radius 3 is 2.51 bits per heavy atom. The summed E-state index contributed by atoms with van der Waals surface area (Å²) in [7, 11) is 0. The minimum absolute atomic E-state index is 0.0311. The van der Waals surface area contributed by atoms with E-state index in [0.717, 1.165) is 34.8 Å². The molecule has 2 aromatic carbocycles. The van der Waals surface area contributed by atoms with E-state index in [2.05, 4.69) is 29.2 Å². The molecule has 1 saturated heterocycles. The molecule has 0 saturated carbocycles. The normalized spacial score (nSPS) is 13.8. The van der Waals surface area contributed by atoms with Crippen LogP contribution >= 0.6 is 0 Å². The van der Waals surface area contributed by atoms with Crippen LogP contribution in [0.4, 0.5) is 10.6 Å². The minimum Gasteiger partial charge on any atom is -0.457 e. The molecular weight excluding hydrogens is 468 g/mol. The monoisotopic (exact) mass is 500 g/mol. The first-order valence-electron chi connectivity index (χ1n) is 12.8. The minimum atomic E-state index is -0.0311. The molecule has 1 fully saturated rings. The van der Waals surface area contributed by atoms with E-state index in [-0.39, 0.29) is 6.03 Å². The maximum absolute atomic E-state index is 12.3. The Kier molecular flexibility index (Phi) is 7.20. The zero-order valence-electron chi connectivity index (χ0n) is 21.5. The van der Waals surface area contributed by atoms with E-state index in [1.807, 2.05) is 66.4 Å². The number of amides is 2. The Morgan fingerprint density at radius 1 is 1.03 bits per heavy atom. The predicted octanol–water partition coefficient (Wildman–Crippen LogP) is 5.13. The summed E-state index contributed by atoms with van der Waals surface area (Å²) in [6, 6.07) is 17.4. The van der Waals surface area contributed by atoms with Crippen LogP contribution in [0.3, 0.4) is 0 Å². The number of fused-ring (bicyclic) bond motifs is 1. The van der Waals surface area contributed by atoms with E-state index in [1.54, 1.807) is 0 Å². The Morgan fingerprint density at radius 2 is 1.78 bits per heavy atom. The number of para-hydroxylation sites is 1. The molecule has 9 nitrogen and oxygen atoms in total. The molecule has 0 atom stereocenters. The van der Waals surface area contributed by atoms with Crippen LogP contribution in [0.1, 0.15) is 26.6 Å². The quantitative estimate of drug-likeness (QED) is 0.376. The molecule has 37 heavy (non-hydrogen) atoms. The van der Waals surface area contributed by atoms with Gasteiger partial charge < -0.3 is 24.4 Å². The molecule has 1 N–H and O–H groups in total. The highest BCUT2D eigenvalue weighted by Gasteiger charge is 2.27. The first-order valence-corrected chi connectivity index (χ1v) is 12.8. The van der Waals surface area contributed by atoms with Gasteiger partial charge in [-0.05, 0) is 37.1 Å². The summed E-state index contributed by atoms with van der Waals surface area (Å²) in [5, 5.41) is 8.08. The second-order valence-electron chi connectivity index (χ2n) is 9.53. The van der Waals surface area contributed by atoms with Crippen LogP contribution in [0.5, 0.6) is 11.5 Å². The molecule has 9 heteroatoms. The average molecular weight is 501 g/mol. The van der Waals surface area contributed by atoms with Gasteiger partial charge in [-0.3, -0.25) is 0 Å². The standard InChI is InChI=1S/C28H32N6O3/c1-4-29-28(35)34-15-13-33(14-16-34)26-24-25(32-37-27(24)31-23(30-26)17-19(2)3)20-9-8-12-22(18-20)36-21-10-6-5-7-11-21/h5-12,18-19H,4,13-17H2,1-3H3,(H,29,35). The fourth-order valence-corrected chi connectivity index (χ4v) is 4.48. The summed E-state index contributed by atoms with van der Waals surface area (Å²) >= 11 is 0. The number of carbonyl (C=O) groups excluding carboxylic acids is 1. The number of rotatable bonds is 7. The summed E-state index contributed by atoms with van der Waals surface area (Å²) in [6.07, 6.45) is 0.734. The largest absolute Gasteiger partial charge is 0.457 e. The van der Waals surface area contributed by atoms with Crippen molar-refractivity contribution in [1.29, 1.82) is 0 Å². The molecule has 0 bridgehead atoms. The Bertz CT molecular complexity index is 1360. The number of nitrogens with zero attached hydrogens (tertiary/aromatic N) is 5. The maximum Gasteiger partial charge on any atom is 0.317 e. The summed E-state index contributed by atoms with van der Waals surface area (Å²) in [5.41, 5.74) is 2.00. The molecule has 3 heterocycles. The highest BCUT2D eigenvalue weighted by molar-refractivity contribution is 5.98. The van der Waals surface area contributed by atoms with Gasteiger partial charge in [-0.25, -0.2) is 9.78 Å². The number of anilines is 1. The smallest absolute Gasteiger partial charge is 0.317 e. The summed E-state index contributed by atoms with van der Waals surface area (Å²) in [5.74, 6) is 3.38. The van der Waals surface area contributed by atoms with Crippen LogP contribution < -0.4 is 15.0 Å². The van der Waals surface area contributed by atoms with E-state index in [4.69, 9.17) is 19.2 Å². The summed E-state index contributed by atoms with van der Waals surface area (Å²) < 4.78 is 11.8. The molecule has 0 aliphatic carbocycles. The molecule has 4 aromatic rings. The number of piperazine rings is 1. The van der Waals surface area contributed by atoms with Gasteiger partial charge in [0.15, 0.2) is 0 Å². The van der Waals surface area contributed by atoms with Crippen molar-refractivity contribution in [2.24, 2.45) is 5.92 Å². The van der Waals surface area contributed by atoms with Gasteiger partial charge in [0.25, 0.3) is 5.71 Å². The number of hydrogen-bond acceptors (Lipinski definition) is 7. The van der Waals surface area contributed by atoms with E-state index in [9.17, 15) is 4.79 Å². The van der Waals surface area contributed by atoms with Gasteiger partial charge in [0, 0.05) is 44.7 Å². The molecule has 1 aliphatic heterocycles. The van der Waals surface area contributed by atoms with Gasteiger partial charge in [0.1, 0.15) is 34.2 Å². The molecule has 0 radical (unpaired) electrons. The van der Waals surface area contributed by atoms with Crippen LogP contribution in [-0.2, 0) is 6.42 Å².